The van der Waals surface area contributed by atoms with E-state index in [1.54, 1.807) is 18.7 Å². The average molecular weight is 338 g/mol. The van der Waals surface area contributed by atoms with Gasteiger partial charge in [0.15, 0.2) is 12.4 Å². The van der Waals surface area contributed by atoms with E-state index in [9.17, 15) is 9.59 Å². The SMILES string of the molecule is CCCc1cc[n+](CC(=O)N2c3ccccc3NC(=O)C2(C)C)cc1. The molecule has 1 aromatic heterocycles. The van der Waals surface area contributed by atoms with Gasteiger partial charge in [-0.25, -0.2) is 0 Å². The number of aryl methyl sites for hydroxylation is 1. The summed E-state index contributed by atoms with van der Waals surface area (Å²) in [5.74, 6) is -0.289. The van der Waals surface area contributed by atoms with E-state index in [4.69, 9.17) is 0 Å². The van der Waals surface area contributed by atoms with Gasteiger partial charge in [-0.15, -0.1) is 0 Å². The van der Waals surface area contributed by atoms with Crippen LogP contribution in [0.25, 0.3) is 0 Å². The minimum atomic E-state index is -0.936. The summed E-state index contributed by atoms with van der Waals surface area (Å²) in [6, 6.07) is 11.5. The van der Waals surface area contributed by atoms with Gasteiger partial charge in [-0.1, -0.05) is 25.5 Å². The van der Waals surface area contributed by atoms with Crippen molar-refractivity contribution >= 4 is 23.2 Å². The summed E-state index contributed by atoms with van der Waals surface area (Å²) in [6.07, 6.45) is 5.97. The van der Waals surface area contributed by atoms with Crippen LogP contribution in [0.5, 0.6) is 0 Å². The van der Waals surface area contributed by atoms with Crippen LogP contribution in [-0.4, -0.2) is 17.4 Å². The number of anilines is 2. The molecule has 0 radical (unpaired) electrons. The van der Waals surface area contributed by atoms with Gasteiger partial charge >= 0.3 is 0 Å². The van der Waals surface area contributed by atoms with Crippen LogP contribution >= 0.6 is 0 Å². The van der Waals surface area contributed by atoms with E-state index < -0.39 is 5.54 Å². The Bertz CT molecular complexity index is 797. The highest BCUT2D eigenvalue weighted by atomic mass is 16.2. The maximum absolute atomic E-state index is 13.0. The van der Waals surface area contributed by atoms with Gasteiger partial charge in [0.2, 0.25) is 12.5 Å². The molecule has 25 heavy (non-hydrogen) atoms. The second-order valence-corrected chi connectivity index (χ2v) is 6.89. The Morgan fingerprint density at radius 1 is 1.16 bits per heavy atom. The van der Waals surface area contributed by atoms with Gasteiger partial charge in [0.25, 0.3) is 5.91 Å². The van der Waals surface area contributed by atoms with E-state index in [0.29, 0.717) is 5.69 Å². The monoisotopic (exact) mass is 338 g/mol. The Morgan fingerprint density at radius 2 is 1.84 bits per heavy atom. The molecule has 0 atom stereocenters. The number of fused-ring (bicyclic) bond motifs is 1. The molecule has 2 amide bonds. The molecule has 1 aromatic carbocycles. The molecule has 3 rings (SSSR count). The van der Waals surface area contributed by atoms with Crippen molar-refractivity contribution in [3.63, 3.8) is 0 Å². The zero-order valence-corrected chi connectivity index (χ0v) is 15.0. The van der Waals surface area contributed by atoms with Crippen molar-refractivity contribution in [3.8, 4) is 0 Å². The van der Waals surface area contributed by atoms with Gasteiger partial charge in [-0.3, -0.25) is 14.5 Å². The first kappa shape index (κ1) is 17.1. The molecule has 0 aliphatic carbocycles. The second kappa shape index (κ2) is 6.67. The van der Waals surface area contributed by atoms with Crippen LogP contribution < -0.4 is 14.8 Å². The third kappa shape index (κ3) is 3.27. The molecular weight excluding hydrogens is 314 g/mol. The molecule has 0 unspecified atom stereocenters. The average Bonchev–Trinajstić information content (AvgIpc) is 2.57. The Hall–Kier alpha value is -2.69. The van der Waals surface area contributed by atoms with E-state index in [1.165, 1.54) is 5.56 Å². The molecule has 5 nitrogen and oxygen atoms in total. The van der Waals surface area contributed by atoms with Gasteiger partial charge in [0, 0.05) is 12.1 Å². The van der Waals surface area contributed by atoms with Crippen LogP contribution in [0, 0.1) is 0 Å². The molecule has 5 heteroatoms. The topological polar surface area (TPSA) is 53.3 Å². The van der Waals surface area contributed by atoms with Crippen LogP contribution in [0.2, 0.25) is 0 Å². The van der Waals surface area contributed by atoms with Crippen molar-refractivity contribution < 1.29 is 14.2 Å². The number of rotatable bonds is 4. The number of nitrogens with zero attached hydrogens (tertiary/aromatic N) is 2. The number of pyridine rings is 1. The number of amides is 2. The van der Waals surface area contributed by atoms with Gasteiger partial charge in [-0.05, 0) is 38.0 Å². The second-order valence-electron chi connectivity index (χ2n) is 6.89. The molecular formula is C20H24N3O2+. The van der Waals surface area contributed by atoms with E-state index in [2.05, 4.69) is 12.2 Å². The summed E-state index contributed by atoms with van der Waals surface area (Å²) in [4.78, 5) is 27.1. The van der Waals surface area contributed by atoms with Crippen molar-refractivity contribution in [1.82, 2.24) is 0 Å². The number of aromatic nitrogens is 1. The van der Waals surface area contributed by atoms with Crippen molar-refractivity contribution in [2.45, 2.75) is 45.7 Å². The first-order chi connectivity index (χ1) is 11.9. The molecule has 130 valence electrons. The Morgan fingerprint density at radius 3 is 2.52 bits per heavy atom. The number of carbonyl (C=O) groups is 2. The largest absolute Gasteiger partial charge is 0.322 e. The zero-order chi connectivity index (χ0) is 18.0. The normalized spacial score (nSPS) is 15.5. The van der Waals surface area contributed by atoms with Crippen LogP contribution in [0.1, 0.15) is 32.8 Å². The van der Waals surface area contributed by atoms with Gasteiger partial charge in [0.05, 0.1) is 11.4 Å². The summed E-state index contributed by atoms with van der Waals surface area (Å²) in [7, 11) is 0. The quantitative estimate of drug-likeness (QED) is 0.872. The van der Waals surface area contributed by atoms with E-state index in [0.717, 1.165) is 18.5 Å². The minimum absolute atomic E-state index is 0.111. The lowest BCUT2D eigenvalue weighted by molar-refractivity contribution is -0.684. The number of para-hydroxylation sites is 2. The van der Waals surface area contributed by atoms with E-state index >= 15 is 0 Å². The van der Waals surface area contributed by atoms with Crippen LogP contribution in [-0.2, 0) is 22.6 Å². The zero-order valence-electron chi connectivity index (χ0n) is 15.0. The van der Waals surface area contributed by atoms with E-state index in [-0.39, 0.29) is 18.4 Å². The lowest BCUT2D eigenvalue weighted by atomic mass is 9.96. The highest BCUT2D eigenvalue weighted by Gasteiger charge is 2.44. The predicted molar refractivity (Wildman–Crippen MR) is 97.3 cm³/mol. The molecule has 1 N–H and O–H groups in total. The standard InChI is InChI=1S/C20H23N3O2/c1-4-7-15-10-12-22(13-11-15)14-18(24)23-17-9-6-5-8-16(17)21-19(25)20(23,2)3/h5-6,8-13H,4,7,14H2,1-3H3/p+1. The Balaban J connectivity index is 1.88. The number of benzene rings is 1. The summed E-state index contributed by atoms with van der Waals surface area (Å²) >= 11 is 0. The van der Waals surface area contributed by atoms with Gasteiger partial charge in [0.1, 0.15) is 5.54 Å². The molecule has 1 aliphatic heterocycles. The Kier molecular flexibility index (Phi) is 4.57. The molecule has 0 saturated carbocycles. The number of nitrogens with one attached hydrogen (secondary N) is 1. The van der Waals surface area contributed by atoms with Gasteiger partial charge in [-0.2, -0.15) is 4.57 Å². The third-order valence-electron chi connectivity index (χ3n) is 4.57. The number of carbonyl (C=O) groups excluding carboxylic acids is 2. The Labute approximate surface area is 148 Å². The van der Waals surface area contributed by atoms with Crippen molar-refractivity contribution in [2.75, 3.05) is 10.2 Å². The first-order valence-corrected chi connectivity index (χ1v) is 8.65. The lowest BCUT2D eigenvalue weighted by Gasteiger charge is -2.41. The van der Waals surface area contributed by atoms with E-state index in [1.807, 2.05) is 53.4 Å². The van der Waals surface area contributed by atoms with Crippen LogP contribution in [0.15, 0.2) is 48.8 Å². The molecule has 0 fully saturated rings. The summed E-state index contributed by atoms with van der Waals surface area (Å²) in [5.41, 5.74) is 1.73. The molecule has 2 heterocycles. The molecule has 2 aromatic rings. The lowest BCUT2D eigenvalue weighted by Crippen LogP contribution is -2.60. The molecule has 0 bridgehead atoms. The molecule has 0 saturated heterocycles. The minimum Gasteiger partial charge on any atom is -0.322 e. The maximum atomic E-state index is 13.0. The number of hydrogen-bond acceptors (Lipinski definition) is 2. The summed E-state index contributed by atoms with van der Waals surface area (Å²) in [6.45, 7) is 5.87. The highest BCUT2D eigenvalue weighted by Crippen LogP contribution is 2.36. The molecule has 0 spiro atoms. The van der Waals surface area contributed by atoms with Crippen LogP contribution in [0.4, 0.5) is 11.4 Å². The van der Waals surface area contributed by atoms with Gasteiger partial charge < -0.3 is 5.32 Å². The molecule has 1 aliphatic rings. The maximum Gasteiger partial charge on any atom is 0.293 e. The van der Waals surface area contributed by atoms with Crippen LogP contribution in [0.3, 0.4) is 0 Å². The third-order valence-corrected chi connectivity index (χ3v) is 4.57. The highest BCUT2D eigenvalue weighted by molar-refractivity contribution is 6.13. The van der Waals surface area contributed by atoms with Crippen molar-refractivity contribution in [3.05, 3.63) is 54.4 Å². The summed E-state index contributed by atoms with van der Waals surface area (Å²) < 4.78 is 1.85. The van der Waals surface area contributed by atoms with Crippen molar-refractivity contribution in [2.24, 2.45) is 0 Å². The predicted octanol–water partition coefficient (Wildman–Crippen LogP) is 2.69. The smallest absolute Gasteiger partial charge is 0.293 e. The fourth-order valence-electron chi connectivity index (χ4n) is 3.17. The fraction of sp³-hybridized carbons (Fsp3) is 0.350. The fourth-order valence-corrected chi connectivity index (χ4v) is 3.17. The number of hydrogen-bond donors (Lipinski definition) is 1. The van der Waals surface area contributed by atoms with Crippen molar-refractivity contribution in [1.29, 1.82) is 0 Å². The summed E-state index contributed by atoms with van der Waals surface area (Å²) in [5, 5.41) is 2.88. The first-order valence-electron chi connectivity index (χ1n) is 8.65.